The Morgan fingerprint density at radius 3 is 2.33 bits per heavy atom. The van der Waals surface area contributed by atoms with E-state index in [9.17, 15) is 13.2 Å². The second-order valence-corrected chi connectivity index (χ2v) is 12.4. The van der Waals surface area contributed by atoms with Crippen LogP contribution in [0, 0.1) is 0 Å². The van der Waals surface area contributed by atoms with Crippen LogP contribution in [0.3, 0.4) is 0 Å². The van der Waals surface area contributed by atoms with Gasteiger partial charge in [-0.3, -0.25) is 19.0 Å². The highest BCUT2D eigenvalue weighted by molar-refractivity contribution is 7.92. The molecular formula is C30H28N4O3S2. The monoisotopic (exact) mass is 556 g/mol. The number of hydrogen-bond acceptors (Lipinski definition) is 6. The Morgan fingerprint density at radius 2 is 1.67 bits per heavy atom. The van der Waals surface area contributed by atoms with Gasteiger partial charge in [-0.1, -0.05) is 61.6 Å². The van der Waals surface area contributed by atoms with Crippen molar-refractivity contribution in [2.45, 2.75) is 31.2 Å². The lowest BCUT2D eigenvalue weighted by molar-refractivity contribution is 0.0985. The molecule has 2 heterocycles. The van der Waals surface area contributed by atoms with Crippen LogP contribution >= 0.6 is 11.3 Å². The van der Waals surface area contributed by atoms with Gasteiger partial charge in [-0.2, -0.15) is 0 Å². The summed E-state index contributed by atoms with van der Waals surface area (Å²) in [6, 6.07) is 24.7. The smallest absolute Gasteiger partial charge is 0.264 e. The molecule has 0 atom stereocenters. The SMILES string of the molecule is CC(C)c1cccc2sc(N(Cc3cccnc3)C(=O)c3ccc(S(=O)(=O)N(C)c4ccccc4)cc3)nc12. The minimum Gasteiger partial charge on any atom is -0.279 e. The van der Waals surface area contributed by atoms with Gasteiger partial charge in [0.25, 0.3) is 15.9 Å². The number of para-hydroxylation sites is 2. The largest absolute Gasteiger partial charge is 0.279 e. The third-order valence-electron chi connectivity index (χ3n) is 6.48. The maximum atomic E-state index is 13.9. The quantitative estimate of drug-likeness (QED) is 0.218. The normalized spacial score (nSPS) is 11.6. The lowest BCUT2D eigenvalue weighted by Gasteiger charge is -2.21. The average molecular weight is 557 g/mol. The summed E-state index contributed by atoms with van der Waals surface area (Å²) in [7, 11) is -2.28. The van der Waals surface area contributed by atoms with E-state index in [4.69, 9.17) is 4.98 Å². The van der Waals surface area contributed by atoms with Crippen LogP contribution in [0.2, 0.25) is 0 Å². The van der Waals surface area contributed by atoms with Crippen molar-refractivity contribution in [1.82, 2.24) is 9.97 Å². The molecule has 0 radical (unpaired) electrons. The first kappa shape index (κ1) is 26.5. The molecule has 0 spiro atoms. The van der Waals surface area contributed by atoms with E-state index in [0.717, 1.165) is 21.3 Å². The Bertz CT molecular complexity index is 1700. The first-order chi connectivity index (χ1) is 18.8. The minimum absolute atomic E-state index is 0.103. The fourth-order valence-electron chi connectivity index (χ4n) is 4.30. The Hall–Kier alpha value is -4.08. The summed E-state index contributed by atoms with van der Waals surface area (Å²) in [4.78, 5) is 24.7. The minimum atomic E-state index is -3.80. The number of fused-ring (bicyclic) bond motifs is 1. The van der Waals surface area contributed by atoms with Crippen LogP contribution in [-0.4, -0.2) is 31.3 Å². The number of hydrogen-bond donors (Lipinski definition) is 0. The van der Waals surface area contributed by atoms with Crippen molar-refractivity contribution in [3.8, 4) is 0 Å². The zero-order valence-electron chi connectivity index (χ0n) is 21.9. The molecule has 0 saturated carbocycles. The maximum absolute atomic E-state index is 13.9. The zero-order chi connectivity index (χ0) is 27.6. The van der Waals surface area contributed by atoms with Gasteiger partial charge in [0.05, 0.1) is 27.3 Å². The summed E-state index contributed by atoms with van der Waals surface area (Å²) in [6.45, 7) is 4.52. The molecule has 0 bridgehead atoms. The lowest BCUT2D eigenvalue weighted by Crippen LogP contribution is -2.30. The number of anilines is 2. The van der Waals surface area contributed by atoms with Crippen LogP contribution in [0.4, 0.5) is 10.8 Å². The van der Waals surface area contributed by atoms with Gasteiger partial charge < -0.3 is 0 Å². The Morgan fingerprint density at radius 1 is 0.923 bits per heavy atom. The predicted octanol–water partition coefficient (Wildman–Crippen LogP) is 6.49. The van der Waals surface area contributed by atoms with Gasteiger partial charge in [0.2, 0.25) is 0 Å². The molecule has 0 fully saturated rings. The van der Waals surface area contributed by atoms with E-state index in [1.165, 1.54) is 34.8 Å². The molecule has 0 aliphatic heterocycles. The number of pyridine rings is 1. The van der Waals surface area contributed by atoms with Crippen molar-refractivity contribution >= 4 is 48.3 Å². The van der Waals surface area contributed by atoms with Crippen molar-refractivity contribution in [3.05, 3.63) is 114 Å². The lowest BCUT2D eigenvalue weighted by atomic mass is 10.0. The molecule has 198 valence electrons. The predicted molar refractivity (Wildman–Crippen MR) is 157 cm³/mol. The van der Waals surface area contributed by atoms with Crippen molar-refractivity contribution in [2.75, 3.05) is 16.3 Å². The molecule has 7 nitrogen and oxygen atoms in total. The average Bonchev–Trinajstić information content (AvgIpc) is 3.40. The number of aromatic nitrogens is 2. The summed E-state index contributed by atoms with van der Waals surface area (Å²) < 4.78 is 28.7. The van der Waals surface area contributed by atoms with Crippen LogP contribution < -0.4 is 9.21 Å². The van der Waals surface area contributed by atoms with E-state index in [0.29, 0.717) is 16.4 Å². The standard InChI is InChI=1S/C30H28N4O3S2/c1-21(2)26-12-7-13-27-28(26)32-30(38-27)34(20-22-9-8-18-31-19-22)29(35)23-14-16-25(17-15-23)39(36,37)33(3)24-10-5-4-6-11-24/h4-19,21H,20H2,1-3H3. The van der Waals surface area contributed by atoms with Gasteiger partial charge in [-0.05, 0) is 65.6 Å². The van der Waals surface area contributed by atoms with Crippen LogP contribution in [0.25, 0.3) is 10.2 Å². The highest BCUT2D eigenvalue weighted by Gasteiger charge is 2.25. The molecule has 1 amide bonds. The first-order valence-corrected chi connectivity index (χ1v) is 14.8. The van der Waals surface area contributed by atoms with Gasteiger partial charge in [-0.25, -0.2) is 13.4 Å². The van der Waals surface area contributed by atoms with E-state index < -0.39 is 10.0 Å². The summed E-state index contributed by atoms with van der Waals surface area (Å²) in [5, 5.41) is 0.576. The molecule has 0 aliphatic carbocycles. The third-order valence-corrected chi connectivity index (χ3v) is 9.32. The third kappa shape index (κ3) is 5.41. The zero-order valence-corrected chi connectivity index (χ0v) is 23.5. The maximum Gasteiger partial charge on any atom is 0.264 e. The highest BCUT2D eigenvalue weighted by atomic mass is 32.2. The number of rotatable bonds is 8. The van der Waals surface area contributed by atoms with Crippen molar-refractivity contribution in [2.24, 2.45) is 0 Å². The molecule has 5 aromatic rings. The summed E-state index contributed by atoms with van der Waals surface area (Å²) in [5.74, 6) is 0.0130. The van der Waals surface area contributed by atoms with E-state index >= 15 is 0 Å². The molecule has 39 heavy (non-hydrogen) atoms. The Kier molecular flexibility index (Phi) is 7.45. The molecular weight excluding hydrogens is 528 g/mol. The fraction of sp³-hybridized carbons (Fsp3) is 0.167. The molecule has 5 rings (SSSR count). The first-order valence-electron chi connectivity index (χ1n) is 12.5. The van der Waals surface area contributed by atoms with Crippen molar-refractivity contribution in [3.63, 3.8) is 0 Å². The van der Waals surface area contributed by atoms with E-state index in [1.807, 2.05) is 30.3 Å². The Balaban J connectivity index is 1.50. The number of carbonyl (C=O) groups excluding carboxylic acids is 1. The van der Waals surface area contributed by atoms with Crippen molar-refractivity contribution in [1.29, 1.82) is 0 Å². The second kappa shape index (κ2) is 11.0. The van der Waals surface area contributed by atoms with Crippen molar-refractivity contribution < 1.29 is 13.2 Å². The van der Waals surface area contributed by atoms with Crippen LogP contribution in [-0.2, 0) is 16.6 Å². The van der Waals surface area contributed by atoms with Gasteiger partial charge in [0, 0.05) is 25.0 Å². The topological polar surface area (TPSA) is 83.5 Å². The molecule has 9 heteroatoms. The summed E-state index contributed by atoms with van der Waals surface area (Å²) in [6.07, 6.45) is 3.41. The number of nitrogens with zero attached hydrogens (tertiary/aromatic N) is 4. The molecule has 2 aromatic heterocycles. The summed E-state index contributed by atoms with van der Waals surface area (Å²) >= 11 is 1.46. The Labute approximate surface area is 232 Å². The number of carbonyl (C=O) groups is 1. The number of thiazole rings is 1. The molecule has 3 aromatic carbocycles. The highest BCUT2D eigenvalue weighted by Crippen LogP contribution is 2.35. The van der Waals surface area contributed by atoms with Gasteiger partial charge >= 0.3 is 0 Å². The fourth-order valence-corrected chi connectivity index (χ4v) is 6.49. The van der Waals surface area contributed by atoms with E-state index in [-0.39, 0.29) is 23.3 Å². The number of sulfonamides is 1. The van der Waals surface area contributed by atoms with Crippen LogP contribution in [0.1, 0.15) is 41.3 Å². The second-order valence-electron chi connectivity index (χ2n) is 9.43. The van der Waals surface area contributed by atoms with E-state index in [1.54, 1.807) is 53.7 Å². The molecule has 0 aliphatic rings. The molecule has 0 unspecified atom stereocenters. The van der Waals surface area contributed by atoms with Crippen LogP contribution in [0.15, 0.2) is 102 Å². The number of benzene rings is 3. The van der Waals surface area contributed by atoms with E-state index in [2.05, 4.69) is 24.9 Å². The van der Waals surface area contributed by atoms with Gasteiger partial charge in [-0.15, -0.1) is 0 Å². The molecule has 0 saturated heterocycles. The van der Waals surface area contributed by atoms with Gasteiger partial charge in [0.15, 0.2) is 5.13 Å². The molecule has 0 N–H and O–H groups in total. The number of amides is 1. The summed E-state index contributed by atoms with van der Waals surface area (Å²) in [5.41, 5.74) is 3.79. The van der Waals surface area contributed by atoms with Gasteiger partial charge in [0.1, 0.15) is 0 Å². The van der Waals surface area contributed by atoms with Crippen LogP contribution in [0.5, 0.6) is 0 Å².